The summed E-state index contributed by atoms with van der Waals surface area (Å²) in [5, 5.41) is 3.51. The van der Waals surface area contributed by atoms with Crippen LogP contribution in [0.25, 0.3) is 0 Å². The molecule has 16 heavy (non-hydrogen) atoms. The van der Waals surface area contributed by atoms with Gasteiger partial charge in [-0.1, -0.05) is 33.6 Å². The zero-order chi connectivity index (χ0) is 11.8. The Hall–Kier alpha value is -0.0800. The van der Waals surface area contributed by atoms with E-state index in [2.05, 4.69) is 31.0 Å². The van der Waals surface area contributed by atoms with E-state index in [1.54, 1.807) is 0 Å². The van der Waals surface area contributed by atoms with Gasteiger partial charge in [0, 0.05) is 18.6 Å². The van der Waals surface area contributed by atoms with Crippen molar-refractivity contribution in [1.29, 1.82) is 0 Å². The summed E-state index contributed by atoms with van der Waals surface area (Å²) in [6, 6.07) is 1.64. The first-order valence-electron chi connectivity index (χ1n) is 7.29. The predicted octanol–water partition coefficient (Wildman–Crippen LogP) is 3.03. The van der Waals surface area contributed by atoms with E-state index in [0.717, 1.165) is 12.1 Å². The standard InChI is InChI=1S/C14H30N2/c1-4-7-13(8-5-2)16(11-6-3)14-9-10-15-12-14/h13-15H,4-12H2,1-3H3. The van der Waals surface area contributed by atoms with Crippen molar-refractivity contribution in [2.24, 2.45) is 0 Å². The van der Waals surface area contributed by atoms with Crippen LogP contribution in [0.4, 0.5) is 0 Å². The van der Waals surface area contributed by atoms with Gasteiger partial charge in [0.1, 0.15) is 0 Å². The maximum Gasteiger partial charge on any atom is 0.0235 e. The summed E-state index contributed by atoms with van der Waals surface area (Å²) in [6.45, 7) is 10.7. The highest BCUT2D eigenvalue weighted by atomic mass is 15.2. The Balaban J connectivity index is 2.55. The molecular weight excluding hydrogens is 196 g/mol. The van der Waals surface area contributed by atoms with E-state index in [1.807, 2.05) is 0 Å². The van der Waals surface area contributed by atoms with Crippen LogP contribution in [0.5, 0.6) is 0 Å². The van der Waals surface area contributed by atoms with Gasteiger partial charge in [-0.15, -0.1) is 0 Å². The smallest absolute Gasteiger partial charge is 0.0235 e. The highest BCUT2D eigenvalue weighted by Gasteiger charge is 2.26. The number of nitrogens with one attached hydrogen (secondary N) is 1. The van der Waals surface area contributed by atoms with E-state index in [1.165, 1.54) is 58.2 Å². The minimum Gasteiger partial charge on any atom is -0.315 e. The zero-order valence-electron chi connectivity index (χ0n) is 11.5. The third-order valence-corrected chi connectivity index (χ3v) is 3.70. The minimum absolute atomic E-state index is 0.808. The quantitative estimate of drug-likeness (QED) is 0.684. The zero-order valence-corrected chi connectivity index (χ0v) is 11.5. The van der Waals surface area contributed by atoms with Crippen molar-refractivity contribution < 1.29 is 0 Å². The third kappa shape index (κ3) is 4.06. The highest BCUT2D eigenvalue weighted by Crippen LogP contribution is 2.20. The molecule has 0 saturated carbocycles. The third-order valence-electron chi connectivity index (χ3n) is 3.70. The van der Waals surface area contributed by atoms with Gasteiger partial charge in [0.15, 0.2) is 0 Å². The molecule has 1 N–H and O–H groups in total. The summed E-state index contributed by atoms with van der Waals surface area (Å²) in [4.78, 5) is 2.80. The van der Waals surface area contributed by atoms with Crippen LogP contribution in [0.3, 0.4) is 0 Å². The summed E-state index contributed by atoms with van der Waals surface area (Å²) in [5.74, 6) is 0. The summed E-state index contributed by atoms with van der Waals surface area (Å²) in [7, 11) is 0. The predicted molar refractivity (Wildman–Crippen MR) is 71.9 cm³/mol. The van der Waals surface area contributed by atoms with Gasteiger partial charge >= 0.3 is 0 Å². The second-order valence-corrected chi connectivity index (χ2v) is 5.12. The molecule has 1 fully saturated rings. The van der Waals surface area contributed by atoms with Gasteiger partial charge < -0.3 is 5.32 Å². The van der Waals surface area contributed by atoms with Gasteiger partial charge in [-0.05, 0) is 38.8 Å². The van der Waals surface area contributed by atoms with E-state index in [0.29, 0.717) is 0 Å². The van der Waals surface area contributed by atoms with Gasteiger partial charge in [-0.3, -0.25) is 4.90 Å². The highest BCUT2D eigenvalue weighted by molar-refractivity contribution is 4.84. The van der Waals surface area contributed by atoms with E-state index < -0.39 is 0 Å². The average molecular weight is 226 g/mol. The van der Waals surface area contributed by atoms with Gasteiger partial charge in [-0.25, -0.2) is 0 Å². The number of hydrogen-bond donors (Lipinski definition) is 1. The Bertz CT molecular complexity index is 158. The monoisotopic (exact) mass is 226 g/mol. The fourth-order valence-corrected chi connectivity index (χ4v) is 2.99. The van der Waals surface area contributed by atoms with E-state index >= 15 is 0 Å². The minimum atomic E-state index is 0.808. The van der Waals surface area contributed by atoms with Crippen LogP contribution in [-0.2, 0) is 0 Å². The maximum atomic E-state index is 3.51. The molecule has 0 spiro atoms. The molecule has 0 aromatic heterocycles. The van der Waals surface area contributed by atoms with Crippen LogP contribution in [0.15, 0.2) is 0 Å². The molecule has 1 atom stereocenters. The molecule has 1 heterocycles. The molecular formula is C14H30N2. The molecule has 0 bridgehead atoms. The largest absolute Gasteiger partial charge is 0.315 e. The van der Waals surface area contributed by atoms with Crippen molar-refractivity contribution in [3.8, 4) is 0 Å². The fraction of sp³-hybridized carbons (Fsp3) is 1.00. The molecule has 0 amide bonds. The first-order valence-corrected chi connectivity index (χ1v) is 7.29. The van der Waals surface area contributed by atoms with Crippen LogP contribution in [0.1, 0.15) is 59.3 Å². The second-order valence-electron chi connectivity index (χ2n) is 5.12. The lowest BCUT2D eigenvalue weighted by Gasteiger charge is -2.36. The summed E-state index contributed by atoms with van der Waals surface area (Å²) < 4.78 is 0. The lowest BCUT2D eigenvalue weighted by atomic mass is 10.0. The van der Waals surface area contributed by atoms with E-state index in [4.69, 9.17) is 0 Å². The van der Waals surface area contributed by atoms with Crippen molar-refractivity contribution in [2.75, 3.05) is 19.6 Å². The van der Waals surface area contributed by atoms with Crippen molar-refractivity contribution in [2.45, 2.75) is 71.4 Å². The van der Waals surface area contributed by atoms with Gasteiger partial charge in [0.25, 0.3) is 0 Å². The molecule has 1 unspecified atom stereocenters. The van der Waals surface area contributed by atoms with E-state index in [9.17, 15) is 0 Å². The molecule has 1 aliphatic rings. The number of rotatable bonds is 8. The number of nitrogens with zero attached hydrogens (tertiary/aromatic N) is 1. The number of hydrogen-bond acceptors (Lipinski definition) is 2. The SMILES string of the molecule is CCCC(CCC)N(CCC)C1CCNC1. The van der Waals surface area contributed by atoms with Crippen molar-refractivity contribution in [1.82, 2.24) is 10.2 Å². The normalized spacial score (nSPS) is 21.2. The maximum absolute atomic E-state index is 3.51. The molecule has 0 aliphatic carbocycles. The Morgan fingerprint density at radius 2 is 1.81 bits per heavy atom. The molecule has 1 aliphatic heterocycles. The molecule has 0 aromatic carbocycles. The van der Waals surface area contributed by atoms with Crippen LogP contribution in [-0.4, -0.2) is 36.6 Å². The molecule has 96 valence electrons. The van der Waals surface area contributed by atoms with E-state index in [-0.39, 0.29) is 0 Å². The fourth-order valence-electron chi connectivity index (χ4n) is 2.99. The van der Waals surface area contributed by atoms with Crippen molar-refractivity contribution >= 4 is 0 Å². The van der Waals surface area contributed by atoms with Gasteiger partial charge in [0.2, 0.25) is 0 Å². The summed E-state index contributed by atoms with van der Waals surface area (Å²) >= 11 is 0. The summed E-state index contributed by atoms with van der Waals surface area (Å²) in [5.41, 5.74) is 0. The lowest BCUT2D eigenvalue weighted by molar-refractivity contribution is 0.126. The first kappa shape index (κ1) is 14.0. The van der Waals surface area contributed by atoms with Crippen molar-refractivity contribution in [3.05, 3.63) is 0 Å². The second kappa shape index (κ2) is 8.08. The lowest BCUT2D eigenvalue weighted by Crippen LogP contribution is -2.44. The van der Waals surface area contributed by atoms with Crippen LogP contribution < -0.4 is 5.32 Å². The topological polar surface area (TPSA) is 15.3 Å². The van der Waals surface area contributed by atoms with Gasteiger partial charge in [0.05, 0.1) is 0 Å². The van der Waals surface area contributed by atoms with Crippen LogP contribution in [0.2, 0.25) is 0 Å². The average Bonchev–Trinajstić information content (AvgIpc) is 2.79. The molecule has 1 rings (SSSR count). The Kier molecular flexibility index (Phi) is 7.06. The Labute approximate surface area is 102 Å². The van der Waals surface area contributed by atoms with Crippen molar-refractivity contribution in [3.63, 3.8) is 0 Å². The van der Waals surface area contributed by atoms with Crippen LogP contribution >= 0.6 is 0 Å². The molecule has 0 aromatic rings. The van der Waals surface area contributed by atoms with Gasteiger partial charge in [-0.2, -0.15) is 0 Å². The molecule has 2 nitrogen and oxygen atoms in total. The first-order chi connectivity index (χ1) is 7.83. The Morgan fingerprint density at radius 1 is 1.12 bits per heavy atom. The summed E-state index contributed by atoms with van der Waals surface area (Å²) in [6.07, 6.45) is 8.05. The Morgan fingerprint density at radius 3 is 2.25 bits per heavy atom. The molecule has 2 heteroatoms. The molecule has 0 radical (unpaired) electrons. The van der Waals surface area contributed by atoms with Crippen LogP contribution in [0, 0.1) is 0 Å². The molecule has 1 saturated heterocycles.